The number of amides is 1. The Bertz CT molecular complexity index is 613. The number of aryl methyl sites for hydroxylation is 1. The second-order valence-electron chi connectivity index (χ2n) is 4.23. The summed E-state index contributed by atoms with van der Waals surface area (Å²) in [6.07, 6.45) is 0. The summed E-state index contributed by atoms with van der Waals surface area (Å²) in [6.45, 7) is 2.80. The number of carbonyl (C=O) groups is 1. The summed E-state index contributed by atoms with van der Waals surface area (Å²) < 4.78 is 4.86. The van der Waals surface area contributed by atoms with Crippen molar-refractivity contribution < 1.29 is 9.53 Å². The average Bonchev–Trinajstić information content (AvgIpc) is 2.39. The lowest BCUT2D eigenvalue weighted by molar-refractivity contribution is 0.0932. The minimum Gasteiger partial charge on any atom is -0.396 e. The van der Waals surface area contributed by atoms with Crippen molar-refractivity contribution in [3.8, 4) is 0 Å². The molecule has 1 aromatic carbocycles. The van der Waals surface area contributed by atoms with E-state index >= 15 is 0 Å². The highest BCUT2D eigenvalue weighted by Crippen LogP contribution is 2.21. The van der Waals surface area contributed by atoms with E-state index < -0.39 is 0 Å². The van der Waals surface area contributed by atoms with Gasteiger partial charge in [0.1, 0.15) is 0 Å². The highest BCUT2D eigenvalue weighted by Gasteiger charge is 2.14. The van der Waals surface area contributed by atoms with Crippen molar-refractivity contribution in [3.05, 3.63) is 29.5 Å². The van der Waals surface area contributed by atoms with Gasteiger partial charge in [0.2, 0.25) is 0 Å². The number of ether oxygens (including phenoxy) is 1. The number of nitrogens with one attached hydrogen (secondary N) is 1. The van der Waals surface area contributed by atoms with Crippen LogP contribution in [0, 0.1) is 6.92 Å². The van der Waals surface area contributed by atoms with Gasteiger partial charge in [0, 0.05) is 19.0 Å². The summed E-state index contributed by atoms with van der Waals surface area (Å²) >= 11 is 0. The van der Waals surface area contributed by atoms with Crippen molar-refractivity contribution in [2.45, 2.75) is 6.92 Å². The maximum atomic E-state index is 11.9. The monoisotopic (exact) mass is 260 g/mol. The third-order valence-corrected chi connectivity index (χ3v) is 2.76. The number of methoxy groups -OCH3 is 1. The van der Waals surface area contributed by atoms with Crippen molar-refractivity contribution in [2.24, 2.45) is 0 Å². The minimum absolute atomic E-state index is 0.146. The van der Waals surface area contributed by atoms with Gasteiger partial charge in [0.05, 0.1) is 17.8 Å². The molecule has 0 aliphatic heterocycles. The molecule has 0 atom stereocenters. The Balaban J connectivity index is 2.32. The number of nitrogens with zero attached hydrogens (tertiary/aromatic N) is 2. The molecule has 1 heterocycles. The van der Waals surface area contributed by atoms with Crippen molar-refractivity contribution in [1.29, 1.82) is 0 Å². The van der Waals surface area contributed by atoms with Gasteiger partial charge < -0.3 is 15.8 Å². The fourth-order valence-corrected chi connectivity index (χ4v) is 1.76. The van der Waals surface area contributed by atoms with Crippen LogP contribution in [-0.2, 0) is 4.74 Å². The number of nitrogens with two attached hydrogens (primary N) is 1. The molecule has 0 aliphatic rings. The quantitative estimate of drug-likeness (QED) is 0.797. The van der Waals surface area contributed by atoms with Crippen LogP contribution in [0.5, 0.6) is 0 Å². The summed E-state index contributed by atoms with van der Waals surface area (Å²) in [6, 6.07) is 5.65. The van der Waals surface area contributed by atoms with E-state index in [1.807, 2.05) is 25.1 Å². The van der Waals surface area contributed by atoms with Crippen LogP contribution in [0.1, 0.15) is 16.1 Å². The number of benzene rings is 1. The highest BCUT2D eigenvalue weighted by molar-refractivity contribution is 6.04. The first-order chi connectivity index (χ1) is 9.13. The zero-order valence-corrected chi connectivity index (χ0v) is 10.9. The van der Waals surface area contributed by atoms with Crippen LogP contribution in [0.3, 0.4) is 0 Å². The Labute approximate surface area is 111 Å². The summed E-state index contributed by atoms with van der Waals surface area (Å²) in [7, 11) is 1.57. The molecule has 0 saturated carbocycles. The molecule has 19 heavy (non-hydrogen) atoms. The Kier molecular flexibility index (Phi) is 3.91. The van der Waals surface area contributed by atoms with E-state index in [1.54, 1.807) is 7.11 Å². The van der Waals surface area contributed by atoms with E-state index in [-0.39, 0.29) is 11.6 Å². The van der Waals surface area contributed by atoms with Crippen LogP contribution >= 0.6 is 0 Å². The van der Waals surface area contributed by atoms with Crippen molar-refractivity contribution in [2.75, 3.05) is 26.0 Å². The first kappa shape index (κ1) is 13.2. The fourth-order valence-electron chi connectivity index (χ4n) is 1.76. The van der Waals surface area contributed by atoms with Gasteiger partial charge in [-0.15, -0.1) is 10.2 Å². The molecule has 0 spiro atoms. The molecule has 0 fully saturated rings. The van der Waals surface area contributed by atoms with Gasteiger partial charge in [0.25, 0.3) is 5.91 Å². The van der Waals surface area contributed by atoms with Gasteiger partial charge in [-0.1, -0.05) is 12.1 Å². The Morgan fingerprint density at radius 3 is 2.95 bits per heavy atom. The maximum Gasteiger partial charge on any atom is 0.274 e. The molecular weight excluding hydrogens is 244 g/mol. The predicted octanol–water partition coefficient (Wildman–Crippen LogP) is 0.897. The molecule has 0 aliphatic carbocycles. The van der Waals surface area contributed by atoms with Crippen molar-refractivity contribution in [3.63, 3.8) is 0 Å². The number of anilines is 1. The van der Waals surface area contributed by atoms with Crippen LogP contribution in [0.4, 0.5) is 5.69 Å². The van der Waals surface area contributed by atoms with Gasteiger partial charge >= 0.3 is 0 Å². The van der Waals surface area contributed by atoms with E-state index in [0.29, 0.717) is 24.4 Å². The number of aromatic nitrogens is 2. The zero-order valence-electron chi connectivity index (χ0n) is 10.9. The third kappa shape index (κ3) is 2.79. The third-order valence-electron chi connectivity index (χ3n) is 2.76. The number of hydrogen-bond acceptors (Lipinski definition) is 5. The van der Waals surface area contributed by atoms with E-state index in [4.69, 9.17) is 10.5 Å². The van der Waals surface area contributed by atoms with E-state index in [9.17, 15) is 4.79 Å². The summed E-state index contributed by atoms with van der Waals surface area (Å²) in [5.74, 6) is -0.343. The van der Waals surface area contributed by atoms with Crippen LogP contribution in [-0.4, -0.2) is 36.4 Å². The smallest absolute Gasteiger partial charge is 0.274 e. The molecule has 100 valence electrons. The normalized spacial score (nSPS) is 10.6. The second-order valence-corrected chi connectivity index (χ2v) is 4.23. The lowest BCUT2D eigenvalue weighted by atomic mass is 10.1. The molecule has 0 unspecified atom stereocenters. The number of hydrogen-bond donors (Lipinski definition) is 2. The summed E-state index contributed by atoms with van der Waals surface area (Å²) in [5, 5.41) is 11.3. The van der Waals surface area contributed by atoms with Crippen LogP contribution in [0.25, 0.3) is 10.9 Å². The Morgan fingerprint density at radius 1 is 1.42 bits per heavy atom. The van der Waals surface area contributed by atoms with Crippen molar-refractivity contribution in [1.82, 2.24) is 15.5 Å². The molecule has 2 aromatic rings. The van der Waals surface area contributed by atoms with E-state index in [1.165, 1.54) is 0 Å². The van der Waals surface area contributed by atoms with E-state index in [0.717, 1.165) is 10.9 Å². The number of rotatable bonds is 4. The molecule has 1 aromatic heterocycles. The maximum absolute atomic E-state index is 11.9. The Morgan fingerprint density at radius 2 is 2.21 bits per heavy atom. The van der Waals surface area contributed by atoms with Gasteiger partial charge in [-0.25, -0.2) is 0 Å². The van der Waals surface area contributed by atoms with Crippen molar-refractivity contribution >= 4 is 22.5 Å². The van der Waals surface area contributed by atoms with Crippen LogP contribution in [0.15, 0.2) is 18.2 Å². The van der Waals surface area contributed by atoms with E-state index in [2.05, 4.69) is 15.5 Å². The lowest BCUT2D eigenvalue weighted by Gasteiger charge is -2.08. The molecular formula is C13H16N4O2. The summed E-state index contributed by atoms with van der Waals surface area (Å²) in [5.41, 5.74) is 8.23. The molecule has 0 bridgehead atoms. The number of nitrogen functional groups attached to an aromatic ring is 1. The summed E-state index contributed by atoms with van der Waals surface area (Å²) in [4.78, 5) is 11.9. The largest absolute Gasteiger partial charge is 0.396 e. The zero-order chi connectivity index (χ0) is 13.8. The van der Waals surface area contributed by atoms with Gasteiger partial charge in [-0.05, 0) is 18.6 Å². The van der Waals surface area contributed by atoms with Gasteiger partial charge in [-0.3, -0.25) is 4.79 Å². The molecule has 0 saturated heterocycles. The van der Waals surface area contributed by atoms with Crippen LogP contribution < -0.4 is 11.1 Å². The van der Waals surface area contributed by atoms with Gasteiger partial charge in [0.15, 0.2) is 5.69 Å². The first-order valence-electron chi connectivity index (χ1n) is 5.93. The fraction of sp³-hybridized carbons (Fsp3) is 0.308. The van der Waals surface area contributed by atoms with Gasteiger partial charge in [-0.2, -0.15) is 0 Å². The Hall–Kier alpha value is -2.21. The molecule has 2 rings (SSSR count). The number of fused-ring (bicyclic) bond motifs is 1. The highest BCUT2D eigenvalue weighted by atomic mass is 16.5. The molecule has 6 nitrogen and oxygen atoms in total. The molecule has 1 amide bonds. The van der Waals surface area contributed by atoms with Crippen LogP contribution in [0.2, 0.25) is 0 Å². The predicted molar refractivity (Wildman–Crippen MR) is 72.9 cm³/mol. The molecule has 0 radical (unpaired) electrons. The SMILES string of the molecule is COCCNC(=O)c1nnc2cc(C)ccc2c1N. The first-order valence-corrected chi connectivity index (χ1v) is 5.93. The number of carbonyl (C=O) groups excluding carboxylic acids is 1. The minimum atomic E-state index is -0.343. The lowest BCUT2D eigenvalue weighted by Crippen LogP contribution is -2.28. The second kappa shape index (κ2) is 5.62. The topological polar surface area (TPSA) is 90.1 Å². The molecule has 6 heteroatoms. The molecule has 3 N–H and O–H groups in total. The average molecular weight is 260 g/mol. The standard InChI is InChI=1S/C13H16N4O2/c1-8-3-4-9-10(7-8)16-17-12(11(9)14)13(18)15-5-6-19-2/h3-4,7H,5-6H2,1-2H3,(H2,14,16)(H,15,18).